The highest BCUT2D eigenvalue weighted by Gasteiger charge is 2.20. The van der Waals surface area contributed by atoms with Gasteiger partial charge < -0.3 is 5.11 Å². The van der Waals surface area contributed by atoms with E-state index in [-0.39, 0.29) is 23.4 Å². The highest BCUT2D eigenvalue weighted by atomic mass is 16.6. The molecule has 8 heteroatoms. The fourth-order valence-electron chi connectivity index (χ4n) is 1.93. The number of aromatic nitrogens is 2. The highest BCUT2D eigenvalue weighted by Crippen LogP contribution is 2.24. The molecule has 0 spiro atoms. The van der Waals surface area contributed by atoms with Gasteiger partial charge in [0.05, 0.1) is 11.1 Å². The lowest BCUT2D eigenvalue weighted by Crippen LogP contribution is -2.28. The lowest BCUT2D eigenvalue weighted by Gasteiger charge is -2.08. The predicted molar refractivity (Wildman–Crippen MR) is 73.2 cm³/mol. The molecular weight excluding hydrogens is 278 g/mol. The molecule has 1 aromatic heterocycles. The Bertz CT molecular complexity index is 782. The molecule has 0 aliphatic carbocycles. The van der Waals surface area contributed by atoms with Crippen molar-refractivity contribution in [3.63, 3.8) is 0 Å². The van der Waals surface area contributed by atoms with E-state index in [0.717, 1.165) is 4.68 Å². The molecule has 0 aliphatic rings. The number of benzene rings is 1. The number of hydrogen-bond donors (Lipinski definition) is 1. The van der Waals surface area contributed by atoms with E-state index in [0.29, 0.717) is 0 Å². The molecule has 21 heavy (non-hydrogen) atoms. The van der Waals surface area contributed by atoms with Gasteiger partial charge in [-0.25, -0.2) is 9.48 Å². The number of carbonyl (C=O) groups is 1. The lowest BCUT2D eigenvalue weighted by atomic mass is 10.0. The second-order valence-corrected chi connectivity index (χ2v) is 4.17. The number of aryl methyl sites for hydroxylation is 1. The predicted octanol–water partition coefficient (Wildman–Crippen LogP) is 1.54. The third kappa shape index (κ3) is 2.64. The average molecular weight is 289 g/mol. The molecule has 2 aromatic rings. The van der Waals surface area contributed by atoms with Crippen LogP contribution < -0.4 is 5.56 Å². The van der Waals surface area contributed by atoms with Crippen molar-refractivity contribution in [2.45, 2.75) is 13.5 Å². The number of non-ortho nitro benzene ring substituents is 1. The maximum Gasteiger partial charge on any atom is 0.342 e. The number of rotatable bonds is 4. The van der Waals surface area contributed by atoms with Gasteiger partial charge in [-0.15, -0.1) is 0 Å². The summed E-state index contributed by atoms with van der Waals surface area (Å²) in [5, 5.41) is 23.9. The van der Waals surface area contributed by atoms with Crippen molar-refractivity contribution in [3.8, 4) is 11.1 Å². The van der Waals surface area contributed by atoms with Crippen LogP contribution in [0.15, 0.2) is 35.3 Å². The normalized spacial score (nSPS) is 10.3. The first kappa shape index (κ1) is 14.4. The number of nitro groups is 1. The summed E-state index contributed by atoms with van der Waals surface area (Å²) >= 11 is 0. The maximum absolute atomic E-state index is 12.0. The average Bonchev–Trinajstić information content (AvgIpc) is 2.46. The molecule has 0 unspecified atom stereocenters. The van der Waals surface area contributed by atoms with E-state index in [1.807, 2.05) is 0 Å². The van der Waals surface area contributed by atoms with E-state index in [4.69, 9.17) is 0 Å². The van der Waals surface area contributed by atoms with Gasteiger partial charge in [0.15, 0.2) is 0 Å². The minimum Gasteiger partial charge on any atom is -0.477 e. The van der Waals surface area contributed by atoms with Crippen molar-refractivity contribution in [2.75, 3.05) is 0 Å². The van der Waals surface area contributed by atoms with E-state index in [1.54, 1.807) is 6.92 Å². The van der Waals surface area contributed by atoms with E-state index >= 15 is 0 Å². The fourth-order valence-corrected chi connectivity index (χ4v) is 1.93. The minimum absolute atomic E-state index is 0.0564. The number of carboxylic acids is 1. The van der Waals surface area contributed by atoms with Crippen LogP contribution in [-0.2, 0) is 6.54 Å². The summed E-state index contributed by atoms with van der Waals surface area (Å²) in [6.45, 7) is 1.89. The summed E-state index contributed by atoms with van der Waals surface area (Å²) in [6, 6.07) is 5.40. The van der Waals surface area contributed by atoms with Gasteiger partial charge in [0.1, 0.15) is 5.56 Å². The van der Waals surface area contributed by atoms with E-state index in [9.17, 15) is 24.8 Å². The zero-order chi connectivity index (χ0) is 15.6. The molecule has 0 radical (unpaired) electrons. The lowest BCUT2D eigenvalue weighted by molar-refractivity contribution is -0.384. The number of nitro benzene ring substituents is 1. The zero-order valence-electron chi connectivity index (χ0n) is 11.0. The molecule has 0 aliphatic heterocycles. The molecule has 0 saturated carbocycles. The van der Waals surface area contributed by atoms with Crippen molar-refractivity contribution in [1.82, 2.24) is 9.78 Å². The number of aromatic carboxylic acids is 1. The van der Waals surface area contributed by atoms with Crippen LogP contribution in [0.4, 0.5) is 5.69 Å². The Kier molecular flexibility index (Phi) is 3.79. The van der Waals surface area contributed by atoms with Gasteiger partial charge in [-0.2, -0.15) is 5.10 Å². The van der Waals surface area contributed by atoms with Gasteiger partial charge in [0.2, 0.25) is 0 Å². The highest BCUT2D eigenvalue weighted by molar-refractivity contribution is 5.95. The van der Waals surface area contributed by atoms with Gasteiger partial charge in [-0.05, 0) is 12.5 Å². The Morgan fingerprint density at radius 2 is 2.19 bits per heavy atom. The summed E-state index contributed by atoms with van der Waals surface area (Å²) in [7, 11) is 0. The Labute approximate surface area is 118 Å². The first-order valence-corrected chi connectivity index (χ1v) is 6.04. The van der Waals surface area contributed by atoms with E-state index in [2.05, 4.69) is 5.10 Å². The number of hydrogen-bond acceptors (Lipinski definition) is 5. The second kappa shape index (κ2) is 5.53. The van der Waals surface area contributed by atoms with Crippen LogP contribution in [-0.4, -0.2) is 25.8 Å². The van der Waals surface area contributed by atoms with Gasteiger partial charge in [0, 0.05) is 24.2 Å². The molecule has 108 valence electrons. The number of nitrogens with zero attached hydrogens (tertiary/aromatic N) is 3. The topological polar surface area (TPSA) is 115 Å². The summed E-state index contributed by atoms with van der Waals surface area (Å²) in [5.41, 5.74) is -1.07. The summed E-state index contributed by atoms with van der Waals surface area (Å²) in [4.78, 5) is 33.6. The van der Waals surface area contributed by atoms with Gasteiger partial charge in [-0.1, -0.05) is 12.1 Å². The Hall–Kier alpha value is -3.03. The summed E-state index contributed by atoms with van der Waals surface area (Å²) < 4.78 is 1.02. The molecule has 8 nitrogen and oxygen atoms in total. The van der Waals surface area contributed by atoms with Crippen molar-refractivity contribution in [2.24, 2.45) is 0 Å². The summed E-state index contributed by atoms with van der Waals surface area (Å²) in [5.74, 6) is -1.40. The van der Waals surface area contributed by atoms with Crippen molar-refractivity contribution in [3.05, 3.63) is 56.5 Å². The van der Waals surface area contributed by atoms with Crippen molar-refractivity contribution < 1.29 is 14.8 Å². The van der Waals surface area contributed by atoms with Crippen LogP contribution in [0.2, 0.25) is 0 Å². The van der Waals surface area contributed by atoms with Gasteiger partial charge in [-0.3, -0.25) is 14.9 Å². The van der Waals surface area contributed by atoms with Crippen LogP contribution in [0.3, 0.4) is 0 Å². The molecule has 0 atom stereocenters. The molecule has 0 bridgehead atoms. The SMILES string of the molecule is CCn1ncc(-c2cccc([N+](=O)[O-])c2)c(C(=O)O)c1=O. The third-order valence-electron chi connectivity index (χ3n) is 2.93. The molecule has 1 N–H and O–H groups in total. The van der Waals surface area contributed by atoms with Crippen molar-refractivity contribution in [1.29, 1.82) is 0 Å². The Balaban J connectivity index is 2.72. The molecular formula is C13H11N3O5. The summed E-state index contributed by atoms with van der Waals surface area (Å²) in [6.07, 6.45) is 1.23. The van der Waals surface area contributed by atoms with Crippen LogP contribution in [0, 0.1) is 10.1 Å². The maximum atomic E-state index is 12.0. The Morgan fingerprint density at radius 3 is 2.76 bits per heavy atom. The van der Waals surface area contributed by atoms with Gasteiger partial charge in [0.25, 0.3) is 11.2 Å². The van der Waals surface area contributed by atoms with Crippen LogP contribution >= 0.6 is 0 Å². The van der Waals surface area contributed by atoms with E-state index < -0.39 is 22.0 Å². The molecule has 1 aromatic carbocycles. The molecule has 0 fully saturated rings. The standard InChI is InChI=1S/C13H11N3O5/c1-2-15-12(17)11(13(18)19)10(7-14-15)8-4-3-5-9(6-8)16(20)21/h3-7H,2H2,1H3,(H,18,19). The smallest absolute Gasteiger partial charge is 0.342 e. The quantitative estimate of drug-likeness (QED) is 0.674. The fraction of sp³-hybridized carbons (Fsp3) is 0.154. The first-order valence-electron chi connectivity index (χ1n) is 6.04. The van der Waals surface area contributed by atoms with Gasteiger partial charge >= 0.3 is 5.97 Å². The Morgan fingerprint density at radius 1 is 1.48 bits per heavy atom. The van der Waals surface area contributed by atoms with Crippen LogP contribution in [0.5, 0.6) is 0 Å². The first-order chi connectivity index (χ1) is 9.95. The molecule has 0 amide bonds. The van der Waals surface area contributed by atoms with Crippen molar-refractivity contribution >= 4 is 11.7 Å². The molecule has 2 rings (SSSR count). The van der Waals surface area contributed by atoms with Crippen LogP contribution in [0.1, 0.15) is 17.3 Å². The third-order valence-corrected chi connectivity index (χ3v) is 2.93. The largest absolute Gasteiger partial charge is 0.477 e. The van der Waals surface area contributed by atoms with E-state index in [1.165, 1.54) is 30.5 Å². The second-order valence-electron chi connectivity index (χ2n) is 4.17. The molecule has 1 heterocycles. The zero-order valence-corrected chi connectivity index (χ0v) is 11.0. The van der Waals surface area contributed by atoms with Crippen LogP contribution in [0.25, 0.3) is 11.1 Å². The minimum atomic E-state index is -1.40. The number of carboxylic acid groups (broad SMARTS) is 1. The molecule has 0 saturated heterocycles. The monoisotopic (exact) mass is 289 g/mol.